The van der Waals surface area contributed by atoms with Crippen LogP contribution in [0.4, 0.5) is 0 Å². The third kappa shape index (κ3) is 3.08. The van der Waals surface area contributed by atoms with E-state index < -0.39 is 7.12 Å². The minimum atomic E-state index is -0.404. The van der Waals surface area contributed by atoms with Crippen LogP contribution in [-0.2, 0) is 9.31 Å². The molecule has 0 N–H and O–H groups in total. The van der Waals surface area contributed by atoms with Gasteiger partial charge in [0.25, 0.3) is 0 Å². The molecular weight excluding hydrogens is 299 g/mol. The largest absolute Gasteiger partial charge is 0.497 e. The Morgan fingerprint density at radius 3 is 2.33 bits per heavy atom. The second-order valence-electron chi connectivity index (χ2n) is 7.47. The zero-order valence-electron chi connectivity index (χ0n) is 15.1. The molecule has 24 heavy (non-hydrogen) atoms. The fourth-order valence-electron chi connectivity index (χ4n) is 2.82. The van der Waals surface area contributed by atoms with Gasteiger partial charge in [0.05, 0.1) is 12.7 Å². The van der Waals surface area contributed by atoms with Crippen LogP contribution in [0.1, 0.15) is 27.7 Å². The molecule has 0 spiro atoms. The van der Waals surface area contributed by atoms with Gasteiger partial charge in [-0.3, -0.25) is 0 Å². The molecule has 0 amide bonds. The van der Waals surface area contributed by atoms with Gasteiger partial charge in [-0.1, -0.05) is 50.2 Å². The van der Waals surface area contributed by atoms with Gasteiger partial charge in [0, 0.05) is 12.0 Å². The molecule has 126 valence electrons. The Morgan fingerprint density at radius 1 is 1.00 bits per heavy atom. The molecule has 1 saturated heterocycles. The summed E-state index contributed by atoms with van der Waals surface area (Å²) in [6, 6.07) is 16.4. The lowest BCUT2D eigenvalue weighted by atomic mass is 9.67. The molecule has 1 aliphatic heterocycles. The molecule has 1 aliphatic rings. The van der Waals surface area contributed by atoms with Crippen molar-refractivity contribution in [1.29, 1.82) is 0 Å². The summed E-state index contributed by atoms with van der Waals surface area (Å²) >= 11 is 0. The highest BCUT2D eigenvalue weighted by atomic mass is 16.6. The molecule has 0 atom stereocenters. The first-order valence-corrected chi connectivity index (χ1v) is 8.37. The minimum Gasteiger partial charge on any atom is -0.497 e. The highest BCUT2D eigenvalue weighted by Crippen LogP contribution is 2.38. The minimum absolute atomic E-state index is 0.0464. The average Bonchev–Trinajstić information content (AvgIpc) is 2.57. The monoisotopic (exact) mass is 324 g/mol. The lowest BCUT2D eigenvalue weighted by Crippen LogP contribution is -2.58. The van der Waals surface area contributed by atoms with Gasteiger partial charge in [-0.05, 0) is 42.6 Å². The molecule has 0 aromatic heterocycles. The van der Waals surface area contributed by atoms with Gasteiger partial charge in [-0.25, -0.2) is 0 Å². The van der Waals surface area contributed by atoms with E-state index in [0.29, 0.717) is 6.61 Å². The molecule has 0 radical (unpaired) electrons. The van der Waals surface area contributed by atoms with Crippen molar-refractivity contribution in [2.75, 3.05) is 13.7 Å². The SMILES string of the molecule is COc1ccc(-c2ccccc2)c(B2OCC(C)(C)C(C)(C)O2)c1. The molecule has 0 unspecified atom stereocenters. The van der Waals surface area contributed by atoms with E-state index in [9.17, 15) is 0 Å². The number of benzene rings is 2. The predicted octanol–water partition coefficient (Wildman–Crippen LogP) is 3.91. The fourth-order valence-corrected chi connectivity index (χ4v) is 2.82. The highest BCUT2D eigenvalue weighted by Gasteiger charge is 2.47. The maximum Gasteiger partial charge on any atom is 0.495 e. The summed E-state index contributed by atoms with van der Waals surface area (Å²) in [7, 11) is 1.27. The molecule has 2 aromatic rings. The number of rotatable bonds is 3. The first-order chi connectivity index (χ1) is 11.3. The van der Waals surface area contributed by atoms with E-state index in [4.69, 9.17) is 14.0 Å². The van der Waals surface area contributed by atoms with Crippen molar-refractivity contribution in [3.8, 4) is 16.9 Å². The lowest BCUT2D eigenvalue weighted by molar-refractivity contribution is -0.0937. The second kappa shape index (κ2) is 6.27. The van der Waals surface area contributed by atoms with Crippen LogP contribution >= 0.6 is 0 Å². The number of hydrogen-bond donors (Lipinski definition) is 0. The van der Waals surface area contributed by atoms with E-state index in [1.165, 1.54) is 0 Å². The summed E-state index contributed by atoms with van der Waals surface area (Å²) in [5.41, 5.74) is 2.92. The smallest absolute Gasteiger partial charge is 0.495 e. The second-order valence-corrected chi connectivity index (χ2v) is 7.47. The van der Waals surface area contributed by atoms with Crippen molar-refractivity contribution in [3.05, 3.63) is 48.5 Å². The molecule has 4 heteroatoms. The van der Waals surface area contributed by atoms with Crippen LogP contribution in [0, 0.1) is 5.41 Å². The standard InChI is InChI=1S/C20H25BO3/c1-19(2)14-23-21(24-20(19,3)4)18-13-16(22-5)11-12-17(18)15-9-7-6-8-10-15/h6-13H,14H2,1-5H3. The van der Waals surface area contributed by atoms with E-state index >= 15 is 0 Å². The predicted molar refractivity (Wildman–Crippen MR) is 98.7 cm³/mol. The van der Waals surface area contributed by atoms with Crippen LogP contribution < -0.4 is 10.2 Å². The van der Waals surface area contributed by atoms with Gasteiger partial charge in [-0.2, -0.15) is 0 Å². The lowest BCUT2D eigenvalue weighted by Gasteiger charge is -2.47. The van der Waals surface area contributed by atoms with Crippen LogP contribution in [0.5, 0.6) is 5.75 Å². The summed E-state index contributed by atoms with van der Waals surface area (Å²) in [6.07, 6.45) is 0. The van der Waals surface area contributed by atoms with Crippen molar-refractivity contribution < 1.29 is 14.0 Å². The fraction of sp³-hybridized carbons (Fsp3) is 0.400. The van der Waals surface area contributed by atoms with E-state index in [1.807, 2.05) is 30.3 Å². The van der Waals surface area contributed by atoms with Crippen molar-refractivity contribution in [3.63, 3.8) is 0 Å². The third-order valence-electron chi connectivity index (χ3n) is 5.22. The van der Waals surface area contributed by atoms with Crippen LogP contribution in [0.25, 0.3) is 11.1 Å². The van der Waals surface area contributed by atoms with Gasteiger partial charge in [0.2, 0.25) is 0 Å². The zero-order valence-corrected chi connectivity index (χ0v) is 15.1. The van der Waals surface area contributed by atoms with Crippen LogP contribution in [-0.4, -0.2) is 26.4 Å². The molecule has 1 fully saturated rings. The normalized spacial score (nSPS) is 19.1. The summed E-state index contributed by atoms with van der Waals surface area (Å²) in [5, 5.41) is 0. The molecular formula is C20H25BO3. The van der Waals surface area contributed by atoms with Crippen molar-refractivity contribution >= 4 is 12.6 Å². The van der Waals surface area contributed by atoms with Crippen LogP contribution in [0.3, 0.4) is 0 Å². The topological polar surface area (TPSA) is 27.7 Å². The molecule has 3 rings (SSSR count). The summed E-state index contributed by atoms with van der Waals surface area (Å²) in [5.74, 6) is 0.805. The third-order valence-corrected chi connectivity index (χ3v) is 5.22. The van der Waals surface area contributed by atoms with Gasteiger partial charge < -0.3 is 14.0 Å². The van der Waals surface area contributed by atoms with E-state index in [2.05, 4.69) is 45.9 Å². The maximum atomic E-state index is 6.36. The molecule has 0 bridgehead atoms. The summed E-state index contributed by atoms with van der Waals surface area (Å²) in [6.45, 7) is 9.26. The summed E-state index contributed by atoms with van der Waals surface area (Å²) in [4.78, 5) is 0. The summed E-state index contributed by atoms with van der Waals surface area (Å²) < 4.78 is 17.9. The van der Waals surface area contributed by atoms with E-state index in [0.717, 1.165) is 22.3 Å². The molecule has 2 aromatic carbocycles. The molecule has 1 heterocycles. The average molecular weight is 324 g/mol. The van der Waals surface area contributed by atoms with Gasteiger partial charge in [0.15, 0.2) is 0 Å². The molecule has 0 aliphatic carbocycles. The Hall–Kier alpha value is -1.78. The first-order valence-electron chi connectivity index (χ1n) is 8.37. The van der Waals surface area contributed by atoms with Gasteiger partial charge in [0.1, 0.15) is 5.75 Å². The van der Waals surface area contributed by atoms with Crippen molar-refractivity contribution in [2.24, 2.45) is 5.41 Å². The maximum absolute atomic E-state index is 6.36. The van der Waals surface area contributed by atoms with Gasteiger partial charge >= 0.3 is 7.12 Å². The Balaban J connectivity index is 2.03. The zero-order chi connectivity index (χ0) is 17.4. The quantitative estimate of drug-likeness (QED) is 0.801. The number of methoxy groups -OCH3 is 1. The first kappa shape index (κ1) is 17.1. The van der Waals surface area contributed by atoms with Crippen molar-refractivity contribution in [2.45, 2.75) is 33.3 Å². The Bertz CT molecular complexity index is 710. The Morgan fingerprint density at radius 2 is 1.71 bits per heavy atom. The molecule has 3 nitrogen and oxygen atoms in total. The Labute approximate surface area is 145 Å². The van der Waals surface area contributed by atoms with Crippen LogP contribution in [0.15, 0.2) is 48.5 Å². The van der Waals surface area contributed by atoms with E-state index in [-0.39, 0.29) is 11.0 Å². The van der Waals surface area contributed by atoms with E-state index in [1.54, 1.807) is 7.11 Å². The van der Waals surface area contributed by atoms with Crippen molar-refractivity contribution in [1.82, 2.24) is 0 Å². The van der Waals surface area contributed by atoms with Crippen LogP contribution in [0.2, 0.25) is 0 Å². The highest BCUT2D eigenvalue weighted by molar-refractivity contribution is 6.63. The van der Waals surface area contributed by atoms with Gasteiger partial charge in [-0.15, -0.1) is 0 Å². The molecule has 0 saturated carbocycles. The number of ether oxygens (including phenoxy) is 1. The number of hydrogen-bond acceptors (Lipinski definition) is 3. The Kier molecular flexibility index (Phi) is 4.45.